The number of nitrogens with one attached hydrogen (secondary N) is 1. The highest BCUT2D eigenvalue weighted by Gasteiger charge is 2.15. The molecule has 1 atom stereocenters. The van der Waals surface area contributed by atoms with Crippen LogP contribution in [0.15, 0.2) is 12.3 Å². The summed E-state index contributed by atoms with van der Waals surface area (Å²) >= 11 is 0. The molecular formula is C10H18N4O. The number of aryl methyl sites for hydroxylation is 1. The lowest BCUT2D eigenvalue weighted by Crippen LogP contribution is -2.36. The lowest BCUT2D eigenvalue weighted by atomic mass is 10.0. The van der Waals surface area contributed by atoms with Gasteiger partial charge in [-0.2, -0.15) is 5.10 Å². The SMILES string of the molecule is CC(C)CC(N)C(=O)Nc1ccn(C)n1. The Kier molecular flexibility index (Phi) is 3.85. The van der Waals surface area contributed by atoms with Crippen LogP contribution in [0.1, 0.15) is 20.3 Å². The molecule has 0 aliphatic carbocycles. The highest BCUT2D eigenvalue weighted by molar-refractivity contribution is 5.93. The van der Waals surface area contributed by atoms with Gasteiger partial charge in [0.2, 0.25) is 5.91 Å². The van der Waals surface area contributed by atoms with Crippen LogP contribution in [0.4, 0.5) is 5.82 Å². The fourth-order valence-corrected chi connectivity index (χ4v) is 1.32. The van der Waals surface area contributed by atoms with Gasteiger partial charge in [0.1, 0.15) is 0 Å². The first kappa shape index (κ1) is 11.7. The van der Waals surface area contributed by atoms with Gasteiger partial charge in [0.25, 0.3) is 0 Å². The highest BCUT2D eigenvalue weighted by Crippen LogP contribution is 2.06. The first-order chi connectivity index (χ1) is 6.99. The number of hydrogen-bond donors (Lipinski definition) is 2. The van der Waals surface area contributed by atoms with Crippen LogP contribution in [0.5, 0.6) is 0 Å². The number of anilines is 1. The largest absolute Gasteiger partial charge is 0.320 e. The average molecular weight is 210 g/mol. The monoisotopic (exact) mass is 210 g/mol. The molecule has 5 heteroatoms. The number of nitrogens with zero attached hydrogens (tertiary/aromatic N) is 2. The quantitative estimate of drug-likeness (QED) is 0.769. The molecule has 1 aromatic rings. The molecule has 1 unspecified atom stereocenters. The zero-order chi connectivity index (χ0) is 11.4. The van der Waals surface area contributed by atoms with Gasteiger partial charge in [-0.15, -0.1) is 0 Å². The zero-order valence-electron chi connectivity index (χ0n) is 9.40. The fourth-order valence-electron chi connectivity index (χ4n) is 1.32. The molecule has 1 aromatic heterocycles. The van der Waals surface area contributed by atoms with Crippen LogP contribution < -0.4 is 11.1 Å². The third-order valence-corrected chi connectivity index (χ3v) is 2.03. The van der Waals surface area contributed by atoms with Crippen molar-refractivity contribution >= 4 is 11.7 Å². The van der Waals surface area contributed by atoms with Gasteiger partial charge >= 0.3 is 0 Å². The van der Waals surface area contributed by atoms with Crippen LogP contribution in [0.2, 0.25) is 0 Å². The van der Waals surface area contributed by atoms with Gasteiger partial charge in [-0.05, 0) is 12.3 Å². The molecule has 1 rings (SSSR count). The maximum absolute atomic E-state index is 11.6. The molecule has 1 amide bonds. The number of amides is 1. The molecule has 0 aliphatic heterocycles. The molecule has 0 fully saturated rings. The standard InChI is InChI=1S/C10H18N4O/c1-7(2)6-8(11)10(15)12-9-4-5-14(3)13-9/h4-5,7-8H,6,11H2,1-3H3,(H,12,13,15). The molecule has 0 aliphatic rings. The van der Waals surface area contributed by atoms with E-state index in [1.165, 1.54) is 0 Å². The third kappa shape index (κ3) is 3.71. The molecule has 0 radical (unpaired) electrons. The molecular weight excluding hydrogens is 192 g/mol. The second-order valence-electron chi connectivity index (χ2n) is 4.10. The van der Waals surface area contributed by atoms with Crippen LogP contribution in [0.25, 0.3) is 0 Å². The van der Waals surface area contributed by atoms with E-state index in [1.807, 2.05) is 13.8 Å². The van der Waals surface area contributed by atoms with Gasteiger partial charge in [-0.25, -0.2) is 0 Å². The predicted molar refractivity (Wildman–Crippen MR) is 59.3 cm³/mol. The van der Waals surface area contributed by atoms with Crippen molar-refractivity contribution in [2.75, 3.05) is 5.32 Å². The Hall–Kier alpha value is -1.36. The summed E-state index contributed by atoms with van der Waals surface area (Å²) in [6.07, 6.45) is 2.45. The zero-order valence-corrected chi connectivity index (χ0v) is 9.40. The minimum Gasteiger partial charge on any atom is -0.320 e. The van der Waals surface area contributed by atoms with Crippen molar-refractivity contribution in [1.82, 2.24) is 9.78 Å². The van der Waals surface area contributed by atoms with Crippen LogP contribution in [-0.4, -0.2) is 21.7 Å². The summed E-state index contributed by atoms with van der Waals surface area (Å²) < 4.78 is 1.63. The Morgan fingerprint density at radius 3 is 2.80 bits per heavy atom. The normalized spacial score (nSPS) is 12.9. The Balaban J connectivity index is 2.48. The first-order valence-electron chi connectivity index (χ1n) is 5.05. The maximum Gasteiger partial charge on any atom is 0.242 e. The second-order valence-corrected chi connectivity index (χ2v) is 4.10. The fraction of sp³-hybridized carbons (Fsp3) is 0.600. The number of carbonyl (C=O) groups is 1. The molecule has 0 saturated carbocycles. The van der Waals surface area contributed by atoms with Crippen molar-refractivity contribution < 1.29 is 4.79 Å². The Labute approximate surface area is 89.6 Å². The van der Waals surface area contributed by atoms with Crippen molar-refractivity contribution in [2.24, 2.45) is 18.7 Å². The van der Waals surface area contributed by atoms with E-state index in [4.69, 9.17) is 5.73 Å². The number of nitrogens with two attached hydrogens (primary N) is 1. The average Bonchev–Trinajstić information content (AvgIpc) is 2.50. The summed E-state index contributed by atoms with van der Waals surface area (Å²) in [4.78, 5) is 11.6. The third-order valence-electron chi connectivity index (χ3n) is 2.03. The predicted octanol–water partition coefficient (Wildman–Crippen LogP) is 0.732. The van der Waals surface area contributed by atoms with Gasteiger partial charge in [-0.1, -0.05) is 13.8 Å². The van der Waals surface area contributed by atoms with Gasteiger partial charge in [0.15, 0.2) is 5.82 Å². The molecule has 0 spiro atoms. The molecule has 1 heterocycles. The van der Waals surface area contributed by atoms with Crippen molar-refractivity contribution in [3.05, 3.63) is 12.3 Å². The van der Waals surface area contributed by atoms with Gasteiger partial charge in [0.05, 0.1) is 6.04 Å². The summed E-state index contributed by atoms with van der Waals surface area (Å²) in [5.41, 5.74) is 5.73. The van der Waals surface area contributed by atoms with Crippen molar-refractivity contribution in [1.29, 1.82) is 0 Å². The summed E-state index contributed by atoms with van der Waals surface area (Å²) in [5.74, 6) is 0.776. The smallest absolute Gasteiger partial charge is 0.242 e. The maximum atomic E-state index is 11.6. The Morgan fingerprint density at radius 2 is 2.33 bits per heavy atom. The Bertz CT molecular complexity index is 332. The van der Waals surface area contributed by atoms with E-state index in [0.717, 1.165) is 0 Å². The van der Waals surface area contributed by atoms with Crippen molar-refractivity contribution in [2.45, 2.75) is 26.3 Å². The number of aromatic nitrogens is 2. The van der Waals surface area contributed by atoms with E-state index >= 15 is 0 Å². The number of hydrogen-bond acceptors (Lipinski definition) is 3. The topological polar surface area (TPSA) is 72.9 Å². The first-order valence-corrected chi connectivity index (χ1v) is 5.05. The minimum atomic E-state index is -0.466. The van der Waals surface area contributed by atoms with Crippen molar-refractivity contribution in [3.63, 3.8) is 0 Å². The van der Waals surface area contributed by atoms with Crippen LogP contribution >= 0.6 is 0 Å². The molecule has 0 aromatic carbocycles. The summed E-state index contributed by atoms with van der Waals surface area (Å²) in [7, 11) is 1.80. The number of rotatable bonds is 4. The molecule has 84 valence electrons. The molecule has 15 heavy (non-hydrogen) atoms. The van der Waals surface area contributed by atoms with Crippen LogP contribution in [-0.2, 0) is 11.8 Å². The molecule has 3 N–H and O–H groups in total. The lowest BCUT2D eigenvalue weighted by Gasteiger charge is -2.12. The second kappa shape index (κ2) is 4.93. The molecule has 5 nitrogen and oxygen atoms in total. The minimum absolute atomic E-state index is 0.178. The van der Waals surface area contributed by atoms with E-state index in [1.54, 1.807) is 24.0 Å². The Morgan fingerprint density at radius 1 is 1.67 bits per heavy atom. The lowest BCUT2D eigenvalue weighted by molar-refractivity contribution is -0.117. The molecule has 0 saturated heterocycles. The van der Waals surface area contributed by atoms with Crippen LogP contribution in [0.3, 0.4) is 0 Å². The summed E-state index contributed by atoms with van der Waals surface area (Å²) in [6, 6.07) is 1.27. The van der Waals surface area contributed by atoms with Gasteiger partial charge in [-0.3, -0.25) is 9.48 Å². The van der Waals surface area contributed by atoms with E-state index in [-0.39, 0.29) is 5.91 Å². The van der Waals surface area contributed by atoms with Gasteiger partial charge in [0, 0.05) is 19.3 Å². The highest BCUT2D eigenvalue weighted by atomic mass is 16.2. The number of carbonyl (C=O) groups excluding carboxylic acids is 1. The van der Waals surface area contributed by atoms with E-state index in [2.05, 4.69) is 10.4 Å². The van der Waals surface area contributed by atoms with Crippen LogP contribution in [0, 0.1) is 5.92 Å². The van der Waals surface area contributed by atoms with Gasteiger partial charge < -0.3 is 11.1 Å². The van der Waals surface area contributed by atoms with Crippen molar-refractivity contribution in [3.8, 4) is 0 Å². The van der Waals surface area contributed by atoms with E-state index < -0.39 is 6.04 Å². The summed E-state index contributed by atoms with van der Waals surface area (Å²) in [6.45, 7) is 4.07. The summed E-state index contributed by atoms with van der Waals surface area (Å²) in [5, 5.41) is 6.71. The van der Waals surface area contributed by atoms with E-state index in [0.29, 0.717) is 18.2 Å². The molecule has 0 bridgehead atoms. The van der Waals surface area contributed by atoms with E-state index in [9.17, 15) is 4.79 Å².